The molecule has 3 aromatic rings. The topological polar surface area (TPSA) is 73.2 Å². The van der Waals surface area contributed by atoms with Crippen LogP contribution in [0.2, 0.25) is 0 Å². The van der Waals surface area contributed by atoms with Gasteiger partial charge in [-0.3, -0.25) is 9.00 Å². The van der Waals surface area contributed by atoms with Crippen LogP contribution in [-0.4, -0.2) is 27.0 Å². The number of halogens is 3. The summed E-state index contributed by atoms with van der Waals surface area (Å²) in [6, 6.07) is 11.1. The number of carbonyl (C=O) groups excluding carboxylic acids is 1. The normalized spacial score (nSPS) is 15.7. The van der Waals surface area contributed by atoms with E-state index >= 15 is 0 Å². The van der Waals surface area contributed by atoms with E-state index in [4.69, 9.17) is 4.74 Å². The number of ether oxygens (including phenoxy) is 1. The summed E-state index contributed by atoms with van der Waals surface area (Å²) >= 11 is 0. The van der Waals surface area contributed by atoms with Crippen molar-refractivity contribution in [2.45, 2.75) is 17.7 Å². The molecule has 0 unspecified atom stereocenters. The van der Waals surface area contributed by atoms with Gasteiger partial charge in [0.25, 0.3) is 5.91 Å². The van der Waals surface area contributed by atoms with Gasteiger partial charge in [-0.15, -0.1) is 0 Å². The molecule has 0 radical (unpaired) electrons. The second-order valence-corrected chi connectivity index (χ2v) is 8.10. The first kappa shape index (κ1) is 20.1. The number of rotatable bonds is 4. The van der Waals surface area contributed by atoms with Gasteiger partial charge >= 0.3 is 6.18 Å². The fourth-order valence-electron chi connectivity index (χ4n) is 3.18. The summed E-state index contributed by atoms with van der Waals surface area (Å²) in [7, 11) is 0.396. The van der Waals surface area contributed by atoms with Crippen molar-refractivity contribution in [1.29, 1.82) is 0 Å². The van der Waals surface area contributed by atoms with Crippen molar-refractivity contribution in [3.63, 3.8) is 0 Å². The SMILES string of the molecule is COc1ccc(-n2nc3c(c2NC(=O)c2cccc(C(F)(F)F)c2)C[S@@](=O)C3)cc1. The molecule has 0 spiro atoms. The van der Waals surface area contributed by atoms with E-state index in [1.165, 1.54) is 23.9 Å². The van der Waals surface area contributed by atoms with Crippen molar-refractivity contribution in [3.05, 3.63) is 70.9 Å². The lowest BCUT2D eigenvalue weighted by Gasteiger charge is -2.12. The zero-order valence-corrected chi connectivity index (χ0v) is 16.5. The minimum Gasteiger partial charge on any atom is -0.497 e. The lowest BCUT2D eigenvalue weighted by molar-refractivity contribution is -0.137. The standard InChI is InChI=1S/C20H16F3N3O3S/c1-29-15-7-5-14(6-8-15)26-18(16-10-30(28)11-17(16)25-26)24-19(27)12-3-2-4-13(9-12)20(21,22)23/h2-9H,10-11H2,1H3,(H,24,27)/t30-/m1/s1. The zero-order valence-electron chi connectivity index (χ0n) is 15.7. The predicted molar refractivity (Wildman–Crippen MR) is 105 cm³/mol. The Morgan fingerprint density at radius 2 is 1.90 bits per heavy atom. The minimum atomic E-state index is -4.56. The summed E-state index contributed by atoms with van der Waals surface area (Å²) in [5, 5.41) is 7.12. The molecule has 1 aliphatic heterocycles. The second-order valence-electron chi connectivity index (χ2n) is 6.64. The largest absolute Gasteiger partial charge is 0.497 e. The van der Waals surface area contributed by atoms with Crippen LogP contribution in [0, 0.1) is 0 Å². The van der Waals surface area contributed by atoms with Crippen molar-refractivity contribution in [2.24, 2.45) is 0 Å². The van der Waals surface area contributed by atoms with Crippen LogP contribution in [0.15, 0.2) is 48.5 Å². The Balaban J connectivity index is 1.71. The van der Waals surface area contributed by atoms with Gasteiger partial charge in [0.05, 0.1) is 35.6 Å². The van der Waals surface area contributed by atoms with E-state index in [0.29, 0.717) is 28.5 Å². The molecule has 0 aliphatic carbocycles. The van der Waals surface area contributed by atoms with Crippen LogP contribution in [-0.2, 0) is 28.5 Å². The Labute approximate surface area is 172 Å². The molecule has 1 atom stereocenters. The number of amides is 1. The number of carbonyl (C=O) groups is 1. The molecule has 2 heterocycles. The summed E-state index contributed by atoms with van der Waals surface area (Å²) in [5.41, 5.74) is 0.772. The van der Waals surface area contributed by atoms with Crippen molar-refractivity contribution >= 4 is 22.5 Å². The molecule has 0 saturated heterocycles. The summed E-state index contributed by atoms with van der Waals surface area (Å²) < 4.78 is 57.6. The number of benzene rings is 2. The summed E-state index contributed by atoms with van der Waals surface area (Å²) in [6.45, 7) is 0. The number of hydrogen-bond acceptors (Lipinski definition) is 4. The van der Waals surface area contributed by atoms with Crippen LogP contribution in [0.1, 0.15) is 27.2 Å². The van der Waals surface area contributed by atoms with E-state index in [1.54, 1.807) is 24.3 Å². The van der Waals surface area contributed by atoms with Crippen LogP contribution in [0.4, 0.5) is 19.0 Å². The van der Waals surface area contributed by atoms with E-state index in [0.717, 1.165) is 12.1 Å². The average Bonchev–Trinajstić information content (AvgIpc) is 3.24. The van der Waals surface area contributed by atoms with Gasteiger partial charge in [-0.2, -0.15) is 18.3 Å². The summed E-state index contributed by atoms with van der Waals surface area (Å²) in [5.74, 6) is 0.683. The third-order valence-corrected chi connectivity index (χ3v) is 5.88. The third kappa shape index (κ3) is 3.82. The molecule has 6 nitrogen and oxygen atoms in total. The van der Waals surface area contributed by atoms with Gasteiger partial charge in [0.2, 0.25) is 0 Å². The van der Waals surface area contributed by atoms with Crippen molar-refractivity contribution in [1.82, 2.24) is 9.78 Å². The van der Waals surface area contributed by atoms with Crippen molar-refractivity contribution < 1.29 is 26.9 Å². The number of methoxy groups -OCH3 is 1. The fourth-order valence-corrected chi connectivity index (χ4v) is 4.45. The van der Waals surface area contributed by atoms with Gasteiger partial charge in [-0.05, 0) is 42.5 Å². The van der Waals surface area contributed by atoms with Crippen LogP contribution in [0.5, 0.6) is 5.75 Å². The minimum absolute atomic E-state index is 0.139. The van der Waals surface area contributed by atoms with E-state index in [1.807, 2.05) is 0 Å². The van der Waals surface area contributed by atoms with E-state index in [2.05, 4.69) is 10.4 Å². The van der Waals surface area contributed by atoms with Gasteiger partial charge in [-0.25, -0.2) is 4.68 Å². The Kier molecular flexibility index (Phi) is 5.10. The number of nitrogens with zero attached hydrogens (tertiary/aromatic N) is 2. The molecule has 156 valence electrons. The molecule has 1 aliphatic rings. The van der Waals surface area contributed by atoms with E-state index in [9.17, 15) is 22.2 Å². The van der Waals surface area contributed by atoms with Crippen molar-refractivity contribution in [3.8, 4) is 11.4 Å². The highest BCUT2D eigenvalue weighted by Crippen LogP contribution is 2.33. The monoisotopic (exact) mass is 435 g/mol. The molecule has 30 heavy (non-hydrogen) atoms. The van der Waals surface area contributed by atoms with Gasteiger partial charge in [-0.1, -0.05) is 6.07 Å². The smallest absolute Gasteiger partial charge is 0.416 e. The molecule has 1 N–H and O–H groups in total. The second kappa shape index (κ2) is 7.60. The Hall–Kier alpha value is -3.14. The molecule has 2 aromatic carbocycles. The van der Waals surface area contributed by atoms with E-state index in [-0.39, 0.29) is 17.1 Å². The molecular weight excluding hydrogens is 419 g/mol. The molecule has 4 rings (SSSR count). The third-order valence-electron chi connectivity index (χ3n) is 4.67. The molecule has 0 fully saturated rings. The summed E-state index contributed by atoms with van der Waals surface area (Å²) in [6.07, 6.45) is -4.56. The maximum atomic E-state index is 13.0. The molecule has 1 amide bonds. The molecule has 0 saturated carbocycles. The van der Waals surface area contributed by atoms with Crippen LogP contribution in [0.3, 0.4) is 0 Å². The molecular formula is C20H16F3N3O3S. The van der Waals surface area contributed by atoms with Crippen LogP contribution < -0.4 is 10.1 Å². The highest BCUT2D eigenvalue weighted by atomic mass is 32.2. The number of alkyl halides is 3. The highest BCUT2D eigenvalue weighted by molar-refractivity contribution is 7.83. The lowest BCUT2D eigenvalue weighted by Crippen LogP contribution is -2.17. The maximum Gasteiger partial charge on any atom is 0.416 e. The van der Waals surface area contributed by atoms with Gasteiger partial charge in [0.1, 0.15) is 11.6 Å². The average molecular weight is 435 g/mol. The Morgan fingerprint density at radius 3 is 2.57 bits per heavy atom. The summed E-state index contributed by atoms with van der Waals surface area (Å²) in [4.78, 5) is 12.7. The number of nitrogens with one attached hydrogen (secondary N) is 1. The van der Waals surface area contributed by atoms with Crippen LogP contribution in [0.25, 0.3) is 5.69 Å². The Morgan fingerprint density at radius 1 is 1.17 bits per heavy atom. The van der Waals surface area contributed by atoms with Gasteiger partial charge in [0.15, 0.2) is 0 Å². The van der Waals surface area contributed by atoms with Gasteiger partial charge < -0.3 is 10.1 Å². The fraction of sp³-hybridized carbons (Fsp3) is 0.200. The lowest BCUT2D eigenvalue weighted by atomic mass is 10.1. The number of anilines is 1. The van der Waals surface area contributed by atoms with Crippen LogP contribution >= 0.6 is 0 Å². The first-order chi connectivity index (χ1) is 14.3. The van der Waals surface area contributed by atoms with Gasteiger partial charge in [0, 0.05) is 21.9 Å². The first-order valence-corrected chi connectivity index (χ1v) is 10.3. The zero-order chi connectivity index (χ0) is 21.5. The molecule has 1 aromatic heterocycles. The first-order valence-electron chi connectivity index (χ1n) is 8.85. The predicted octanol–water partition coefficient (Wildman–Crippen LogP) is 3.91. The number of aromatic nitrogens is 2. The quantitative estimate of drug-likeness (QED) is 0.674. The van der Waals surface area contributed by atoms with E-state index < -0.39 is 28.4 Å². The Bertz CT molecular complexity index is 1140. The number of fused-ring (bicyclic) bond motifs is 1. The molecule has 10 heteroatoms. The highest BCUT2D eigenvalue weighted by Gasteiger charge is 2.32. The maximum absolute atomic E-state index is 13.0. The number of hydrogen-bond donors (Lipinski definition) is 1. The molecule has 0 bridgehead atoms. The van der Waals surface area contributed by atoms with Crippen molar-refractivity contribution in [2.75, 3.05) is 12.4 Å².